The minimum absolute atomic E-state index is 0.120. The second kappa shape index (κ2) is 10.8. The summed E-state index contributed by atoms with van der Waals surface area (Å²) in [6.45, 7) is 3.01. The molecule has 13 heteroatoms. The van der Waals surface area contributed by atoms with Crippen LogP contribution in [0.1, 0.15) is 17.5 Å². The van der Waals surface area contributed by atoms with Gasteiger partial charge in [-0.15, -0.1) is 0 Å². The zero-order valence-corrected chi connectivity index (χ0v) is 21.6. The summed E-state index contributed by atoms with van der Waals surface area (Å²) in [5, 5.41) is 2.75. The van der Waals surface area contributed by atoms with Crippen molar-refractivity contribution in [3.8, 4) is 0 Å². The molecule has 1 N–H and O–H groups in total. The van der Waals surface area contributed by atoms with Crippen molar-refractivity contribution in [2.45, 2.75) is 19.4 Å². The van der Waals surface area contributed by atoms with Gasteiger partial charge in [0.25, 0.3) is 11.5 Å². The van der Waals surface area contributed by atoms with Crippen LogP contribution in [-0.2, 0) is 23.9 Å². The van der Waals surface area contributed by atoms with Crippen LogP contribution in [0.25, 0.3) is 11.7 Å². The van der Waals surface area contributed by atoms with Crippen LogP contribution in [0.5, 0.6) is 0 Å². The molecular formula is C23H25N5O6S2. The number of fused-ring (bicyclic) bond motifs is 1. The molecule has 36 heavy (non-hydrogen) atoms. The molecule has 0 bridgehead atoms. The molecule has 2 aliphatic heterocycles. The minimum atomic E-state index is -0.937. The molecule has 190 valence electrons. The Morgan fingerprint density at radius 3 is 2.83 bits per heavy atom. The molecule has 1 atom stereocenters. The van der Waals surface area contributed by atoms with E-state index in [2.05, 4.69) is 5.32 Å². The minimum Gasteiger partial charge on any atom is -0.469 e. The molecule has 0 saturated carbocycles. The lowest BCUT2D eigenvalue weighted by molar-refractivity contribution is -0.143. The van der Waals surface area contributed by atoms with Crippen LogP contribution in [0.3, 0.4) is 0 Å². The maximum atomic E-state index is 13.7. The van der Waals surface area contributed by atoms with Crippen LogP contribution in [0.4, 0.5) is 5.82 Å². The van der Waals surface area contributed by atoms with Crippen LogP contribution in [0, 0.1) is 6.92 Å². The highest BCUT2D eigenvalue weighted by Gasteiger charge is 2.36. The van der Waals surface area contributed by atoms with E-state index in [1.807, 2.05) is 13.0 Å². The summed E-state index contributed by atoms with van der Waals surface area (Å²) in [6.07, 6.45) is 2.83. The number of aromatic nitrogens is 2. The summed E-state index contributed by atoms with van der Waals surface area (Å²) in [6, 6.07) is 2.61. The normalized spacial score (nSPS) is 19.4. The first-order valence-corrected chi connectivity index (χ1v) is 12.4. The third-order valence-corrected chi connectivity index (χ3v) is 7.30. The van der Waals surface area contributed by atoms with E-state index in [0.29, 0.717) is 29.7 Å². The number of nitrogens with one attached hydrogen (secondary N) is 1. The maximum absolute atomic E-state index is 13.7. The highest BCUT2D eigenvalue weighted by molar-refractivity contribution is 8.26. The third kappa shape index (κ3) is 4.86. The number of pyridine rings is 1. The fourth-order valence-electron chi connectivity index (χ4n) is 4.06. The predicted octanol–water partition coefficient (Wildman–Crippen LogP) is 0.718. The fraction of sp³-hybridized carbons (Fsp3) is 0.391. The number of hydrogen-bond donors (Lipinski definition) is 1. The Bertz CT molecular complexity index is 1340. The molecule has 0 spiro atoms. The number of nitrogens with zero attached hydrogens (tertiary/aromatic N) is 4. The van der Waals surface area contributed by atoms with Crippen molar-refractivity contribution < 1.29 is 23.9 Å². The van der Waals surface area contributed by atoms with Crippen molar-refractivity contribution in [2.24, 2.45) is 0 Å². The van der Waals surface area contributed by atoms with E-state index in [1.165, 1.54) is 29.6 Å². The molecule has 2 aromatic rings. The monoisotopic (exact) mass is 531 g/mol. The summed E-state index contributed by atoms with van der Waals surface area (Å²) >= 11 is 6.44. The molecule has 0 aromatic carbocycles. The molecule has 2 fully saturated rings. The third-order valence-electron chi connectivity index (χ3n) is 5.92. The number of anilines is 1. The number of aryl methyl sites for hydroxylation is 1. The highest BCUT2D eigenvalue weighted by atomic mass is 32.2. The summed E-state index contributed by atoms with van der Waals surface area (Å²) in [5.74, 6) is -1.09. The first-order chi connectivity index (χ1) is 17.3. The molecule has 4 rings (SSSR count). The Morgan fingerprint density at radius 2 is 2.11 bits per heavy atom. The van der Waals surface area contributed by atoms with E-state index in [-0.39, 0.29) is 41.1 Å². The topological polar surface area (TPSA) is 123 Å². The molecule has 2 saturated heterocycles. The van der Waals surface area contributed by atoms with E-state index >= 15 is 0 Å². The van der Waals surface area contributed by atoms with Gasteiger partial charge in [-0.25, -0.2) is 4.98 Å². The summed E-state index contributed by atoms with van der Waals surface area (Å²) in [5.41, 5.74) is 0.864. The van der Waals surface area contributed by atoms with Crippen molar-refractivity contribution in [2.75, 3.05) is 45.4 Å². The first kappa shape index (κ1) is 25.8. The summed E-state index contributed by atoms with van der Waals surface area (Å²) in [4.78, 5) is 59.7. The van der Waals surface area contributed by atoms with Gasteiger partial charge in [-0.1, -0.05) is 30.0 Å². The van der Waals surface area contributed by atoms with Crippen LogP contribution in [0.15, 0.2) is 28.0 Å². The number of rotatable bonds is 7. The average molecular weight is 532 g/mol. The number of piperazine rings is 1. The molecule has 0 radical (unpaired) electrons. The number of thioether (sulfide) groups is 1. The van der Waals surface area contributed by atoms with Crippen molar-refractivity contribution in [1.29, 1.82) is 0 Å². The van der Waals surface area contributed by atoms with Crippen LogP contribution in [-0.4, -0.2) is 82.9 Å². The van der Waals surface area contributed by atoms with Gasteiger partial charge in [0.05, 0.1) is 37.2 Å². The number of carbonyl (C=O) groups is 3. The van der Waals surface area contributed by atoms with Gasteiger partial charge in [-0.3, -0.25) is 28.5 Å². The fourth-order valence-corrected chi connectivity index (χ4v) is 5.35. The molecule has 2 aliphatic rings. The van der Waals surface area contributed by atoms with Crippen molar-refractivity contribution in [3.63, 3.8) is 0 Å². The lowest BCUT2D eigenvalue weighted by atomic mass is 10.1. The molecule has 2 aromatic heterocycles. The van der Waals surface area contributed by atoms with Gasteiger partial charge in [0, 0.05) is 26.4 Å². The molecule has 4 heterocycles. The Labute approximate surface area is 216 Å². The number of thiocarbonyl (C=S) groups is 1. The largest absolute Gasteiger partial charge is 0.469 e. The van der Waals surface area contributed by atoms with Crippen LogP contribution >= 0.6 is 24.0 Å². The lowest BCUT2D eigenvalue weighted by Crippen LogP contribution is -2.57. The van der Waals surface area contributed by atoms with Gasteiger partial charge in [-0.05, 0) is 24.6 Å². The predicted molar refractivity (Wildman–Crippen MR) is 139 cm³/mol. The first-order valence-electron chi connectivity index (χ1n) is 11.1. The highest BCUT2D eigenvalue weighted by Crippen LogP contribution is 2.34. The number of hydrogen-bond acceptors (Lipinski definition) is 10. The van der Waals surface area contributed by atoms with Crippen molar-refractivity contribution >= 4 is 63.6 Å². The number of methoxy groups -OCH3 is 2. The van der Waals surface area contributed by atoms with E-state index in [9.17, 15) is 19.2 Å². The van der Waals surface area contributed by atoms with E-state index in [0.717, 1.165) is 17.3 Å². The Hall–Kier alpha value is -3.29. The van der Waals surface area contributed by atoms with E-state index in [1.54, 1.807) is 17.2 Å². The Kier molecular flexibility index (Phi) is 7.71. The SMILES string of the molecule is COCCN1C(=O)C(=Cc2c(N3CCNC(=O)C3CC(=O)OC)nc3c(C)cccn3c2=O)SC1=S. The molecule has 1 unspecified atom stereocenters. The van der Waals surface area contributed by atoms with Gasteiger partial charge < -0.3 is 19.7 Å². The van der Waals surface area contributed by atoms with Gasteiger partial charge in [0.1, 0.15) is 21.8 Å². The maximum Gasteiger partial charge on any atom is 0.308 e. The number of esters is 1. The summed E-state index contributed by atoms with van der Waals surface area (Å²) in [7, 11) is 2.78. The van der Waals surface area contributed by atoms with Gasteiger partial charge in [0.2, 0.25) is 5.91 Å². The van der Waals surface area contributed by atoms with Crippen LogP contribution in [0.2, 0.25) is 0 Å². The van der Waals surface area contributed by atoms with E-state index < -0.39 is 17.6 Å². The van der Waals surface area contributed by atoms with Gasteiger partial charge in [0.15, 0.2) is 0 Å². The molecule has 0 aliphatic carbocycles. The van der Waals surface area contributed by atoms with Gasteiger partial charge >= 0.3 is 5.97 Å². The molecule has 11 nitrogen and oxygen atoms in total. The Balaban J connectivity index is 1.89. The zero-order valence-electron chi connectivity index (χ0n) is 20.0. The Morgan fingerprint density at radius 1 is 1.33 bits per heavy atom. The van der Waals surface area contributed by atoms with Crippen LogP contribution < -0.4 is 15.8 Å². The lowest BCUT2D eigenvalue weighted by Gasteiger charge is -2.36. The number of carbonyl (C=O) groups excluding carboxylic acids is 3. The van der Waals surface area contributed by atoms with Crippen molar-refractivity contribution in [1.82, 2.24) is 19.6 Å². The average Bonchev–Trinajstić information content (AvgIpc) is 3.13. The second-order valence-electron chi connectivity index (χ2n) is 8.15. The zero-order chi connectivity index (χ0) is 26.0. The van der Waals surface area contributed by atoms with Gasteiger partial charge in [-0.2, -0.15) is 0 Å². The molecule has 2 amide bonds. The second-order valence-corrected chi connectivity index (χ2v) is 9.82. The summed E-state index contributed by atoms with van der Waals surface area (Å²) < 4.78 is 11.6. The quantitative estimate of drug-likeness (QED) is 0.311. The standard InChI is InChI=1S/C23H25N5O6S2/c1-13-5-4-7-27-18(13)25-19(26-8-6-24-20(30)15(26)12-17(29)34-3)14(21(27)31)11-16-22(32)28(9-10-33-2)23(35)36-16/h4-5,7,11,15H,6,8-10,12H2,1-3H3,(H,24,30). The van der Waals surface area contributed by atoms with Crippen molar-refractivity contribution in [3.05, 3.63) is 44.7 Å². The molecular weight excluding hydrogens is 506 g/mol. The number of ether oxygens (including phenoxy) is 2. The van der Waals surface area contributed by atoms with E-state index in [4.69, 9.17) is 26.7 Å². The number of amides is 2. The smallest absolute Gasteiger partial charge is 0.308 e.